The topological polar surface area (TPSA) is 72.7 Å². The van der Waals surface area contributed by atoms with Crippen LogP contribution in [0.4, 0.5) is 5.69 Å². The second-order valence-corrected chi connectivity index (χ2v) is 5.58. The number of ether oxygens (including phenoxy) is 1. The fourth-order valence-corrected chi connectivity index (χ4v) is 2.48. The van der Waals surface area contributed by atoms with Gasteiger partial charge in [-0.25, -0.2) is 4.98 Å². The average molecular weight is 344 g/mol. The third-order valence-electron chi connectivity index (χ3n) is 3.54. The Balaban J connectivity index is 2.03. The summed E-state index contributed by atoms with van der Waals surface area (Å²) in [7, 11) is 1.52. The van der Waals surface area contributed by atoms with E-state index in [1.54, 1.807) is 43.3 Å². The summed E-state index contributed by atoms with van der Waals surface area (Å²) in [5, 5.41) is 3.03. The van der Waals surface area contributed by atoms with Crippen molar-refractivity contribution in [2.75, 3.05) is 12.4 Å². The maximum Gasteiger partial charge on any atom is 0.281 e. The lowest BCUT2D eigenvalue weighted by atomic mass is 10.2. The number of amides is 1. The lowest BCUT2D eigenvalue weighted by Crippen LogP contribution is -2.25. The first-order valence-corrected chi connectivity index (χ1v) is 7.51. The Morgan fingerprint density at radius 2 is 2.08 bits per heavy atom. The van der Waals surface area contributed by atoms with Crippen molar-refractivity contribution in [1.82, 2.24) is 9.38 Å². The highest BCUT2D eigenvalue weighted by atomic mass is 35.5. The summed E-state index contributed by atoms with van der Waals surface area (Å²) in [6.07, 6.45) is 1.47. The number of pyridine rings is 1. The Labute approximate surface area is 142 Å². The molecule has 6 nitrogen and oxygen atoms in total. The first kappa shape index (κ1) is 16.0. The highest BCUT2D eigenvalue weighted by Gasteiger charge is 2.14. The zero-order valence-electron chi connectivity index (χ0n) is 13.0. The van der Waals surface area contributed by atoms with Crippen LogP contribution in [-0.2, 0) is 0 Å². The number of fused-ring (bicyclic) bond motifs is 1. The van der Waals surface area contributed by atoms with Gasteiger partial charge in [0, 0.05) is 11.8 Å². The van der Waals surface area contributed by atoms with Gasteiger partial charge in [0.2, 0.25) is 0 Å². The van der Waals surface area contributed by atoms with Crippen molar-refractivity contribution >= 4 is 28.8 Å². The molecule has 0 unspecified atom stereocenters. The van der Waals surface area contributed by atoms with Gasteiger partial charge >= 0.3 is 0 Å². The molecule has 0 radical (unpaired) electrons. The van der Waals surface area contributed by atoms with Crippen molar-refractivity contribution in [3.63, 3.8) is 0 Å². The van der Waals surface area contributed by atoms with Crippen LogP contribution < -0.4 is 15.6 Å². The fraction of sp³-hybridized carbons (Fsp3) is 0.118. The summed E-state index contributed by atoms with van der Waals surface area (Å²) < 4.78 is 6.40. The van der Waals surface area contributed by atoms with Gasteiger partial charge < -0.3 is 10.1 Å². The van der Waals surface area contributed by atoms with Crippen LogP contribution in [0.15, 0.2) is 47.4 Å². The van der Waals surface area contributed by atoms with Crippen LogP contribution in [-0.4, -0.2) is 22.4 Å². The van der Waals surface area contributed by atoms with Crippen molar-refractivity contribution in [2.24, 2.45) is 0 Å². The number of methoxy groups -OCH3 is 1. The van der Waals surface area contributed by atoms with Crippen LogP contribution in [0.25, 0.3) is 5.65 Å². The molecule has 1 amide bonds. The first-order valence-electron chi connectivity index (χ1n) is 7.13. The molecule has 0 saturated carbocycles. The molecule has 1 N–H and O–H groups in total. The molecule has 2 heterocycles. The van der Waals surface area contributed by atoms with Crippen molar-refractivity contribution in [3.05, 3.63) is 69.2 Å². The van der Waals surface area contributed by atoms with E-state index in [-0.39, 0.29) is 5.69 Å². The first-order chi connectivity index (χ1) is 11.5. The minimum atomic E-state index is -0.419. The standard InChI is InChI=1S/C17H14ClN3O3/c1-10-15(17(23)21-9-12(18)6-7-14(21)19-10)20-16(22)11-4-3-5-13(8-11)24-2/h3-9H,1-2H3,(H,20,22). The summed E-state index contributed by atoms with van der Waals surface area (Å²) >= 11 is 5.93. The third kappa shape index (κ3) is 2.96. The number of benzene rings is 1. The van der Waals surface area contributed by atoms with Crippen LogP contribution >= 0.6 is 11.6 Å². The Kier molecular flexibility index (Phi) is 4.22. The number of rotatable bonds is 3. The third-order valence-corrected chi connectivity index (χ3v) is 3.76. The minimum Gasteiger partial charge on any atom is -0.497 e. The van der Waals surface area contributed by atoms with Crippen molar-refractivity contribution < 1.29 is 9.53 Å². The van der Waals surface area contributed by atoms with Crippen LogP contribution in [0, 0.1) is 6.92 Å². The summed E-state index contributed by atoms with van der Waals surface area (Å²) in [6.45, 7) is 1.66. The largest absolute Gasteiger partial charge is 0.497 e. The molecule has 0 saturated heterocycles. The van der Waals surface area contributed by atoms with E-state index < -0.39 is 11.5 Å². The summed E-state index contributed by atoms with van der Waals surface area (Å²) in [6, 6.07) is 9.95. The van der Waals surface area contributed by atoms with Gasteiger partial charge in [0.05, 0.1) is 17.8 Å². The van der Waals surface area contributed by atoms with Crippen LogP contribution in [0.3, 0.4) is 0 Å². The van der Waals surface area contributed by atoms with Gasteiger partial charge in [0.15, 0.2) is 0 Å². The van der Waals surface area contributed by atoms with Crippen LogP contribution in [0.2, 0.25) is 5.02 Å². The van der Waals surface area contributed by atoms with E-state index in [1.807, 2.05) is 0 Å². The second kappa shape index (κ2) is 6.33. The zero-order chi connectivity index (χ0) is 17.3. The molecule has 0 bridgehead atoms. The lowest BCUT2D eigenvalue weighted by Gasteiger charge is -2.10. The summed E-state index contributed by atoms with van der Waals surface area (Å²) in [5.41, 5.74) is 0.989. The molecule has 0 aliphatic rings. The summed E-state index contributed by atoms with van der Waals surface area (Å²) in [4.78, 5) is 29.4. The van der Waals surface area contributed by atoms with Gasteiger partial charge in [-0.15, -0.1) is 0 Å². The van der Waals surface area contributed by atoms with Crippen molar-refractivity contribution in [1.29, 1.82) is 0 Å². The number of halogens is 1. The van der Waals surface area contributed by atoms with E-state index in [0.717, 1.165) is 0 Å². The molecule has 7 heteroatoms. The molecule has 1 aromatic carbocycles. The SMILES string of the molecule is COc1cccc(C(=O)Nc2c(C)nc3ccc(Cl)cn3c2=O)c1. The Morgan fingerprint density at radius 3 is 2.83 bits per heavy atom. The number of nitrogens with zero attached hydrogens (tertiary/aromatic N) is 2. The number of carbonyl (C=O) groups excluding carboxylic acids is 1. The van der Waals surface area contributed by atoms with E-state index in [4.69, 9.17) is 16.3 Å². The molecule has 0 aliphatic carbocycles. The normalized spacial score (nSPS) is 10.6. The lowest BCUT2D eigenvalue weighted by molar-refractivity contribution is 0.102. The van der Waals surface area contributed by atoms with E-state index in [1.165, 1.54) is 17.7 Å². The molecule has 24 heavy (non-hydrogen) atoms. The van der Waals surface area contributed by atoms with Crippen molar-refractivity contribution in [3.8, 4) is 5.75 Å². The molecule has 0 fully saturated rings. The Bertz CT molecular complexity index is 998. The van der Waals surface area contributed by atoms with Gasteiger partial charge in [-0.2, -0.15) is 0 Å². The number of carbonyl (C=O) groups is 1. The zero-order valence-corrected chi connectivity index (χ0v) is 13.8. The predicted octanol–water partition coefficient (Wildman–Crippen LogP) is 2.92. The molecule has 0 spiro atoms. The highest BCUT2D eigenvalue weighted by molar-refractivity contribution is 6.30. The number of hydrogen-bond donors (Lipinski definition) is 1. The molecular formula is C17H14ClN3O3. The van der Waals surface area contributed by atoms with Crippen molar-refractivity contribution in [2.45, 2.75) is 6.92 Å². The number of nitrogens with one attached hydrogen (secondary N) is 1. The quantitative estimate of drug-likeness (QED) is 0.793. The minimum absolute atomic E-state index is 0.114. The van der Waals surface area contributed by atoms with Gasteiger partial charge in [0.25, 0.3) is 11.5 Å². The smallest absolute Gasteiger partial charge is 0.281 e. The molecule has 122 valence electrons. The molecular weight excluding hydrogens is 330 g/mol. The number of anilines is 1. The average Bonchev–Trinajstić information content (AvgIpc) is 2.59. The van der Waals surface area contributed by atoms with E-state index in [2.05, 4.69) is 10.3 Å². The van der Waals surface area contributed by atoms with Gasteiger partial charge in [0.1, 0.15) is 17.1 Å². The monoisotopic (exact) mass is 343 g/mol. The number of aryl methyl sites for hydroxylation is 1. The van der Waals surface area contributed by atoms with Crippen LogP contribution in [0.5, 0.6) is 5.75 Å². The molecule has 2 aromatic heterocycles. The van der Waals surface area contributed by atoms with E-state index in [9.17, 15) is 9.59 Å². The Morgan fingerprint density at radius 1 is 1.29 bits per heavy atom. The van der Waals surface area contributed by atoms with E-state index >= 15 is 0 Å². The highest BCUT2D eigenvalue weighted by Crippen LogP contribution is 2.16. The number of aromatic nitrogens is 2. The molecule has 3 rings (SSSR count). The van der Waals surface area contributed by atoms with Crippen LogP contribution in [0.1, 0.15) is 16.1 Å². The number of hydrogen-bond acceptors (Lipinski definition) is 4. The molecule has 0 atom stereocenters. The molecule has 0 aliphatic heterocycles. The maximum absolute atomic E-state index is 12.6. The fourth-order valence-electron chi connectivity index (χ4n) is 2.32. The van der Waals surface area contributed by atoms with E-state index in [0.29, 0.717) is 27.7 Å². The molecule has 3 aromatic rings. The van der Waals surface area contributed by atoms with Gasteiger partial charge in [-0.3, -0.25) is 14.0 Å². The summed E-state index contributed by atoms with van der Waals surface area (Å²) in [5.74, 6) is 0.136. The second-order valence-electron chi connectivity index (χ2n) is 5.14. The van der Waals surface area contributed by atoms with Gasteiger partial charge in [-0.05, 0) is 37.3 Å². The predicted molar refractivity (Wildman–Crippen MR) is 92.2 cm³/mol. The maximum atomic E-state index is 12.6. The van der Waals surface area contributed by atoms with Gasteiger partial charge in [-0.1, -0.05) is 17.7 Å². The Hall–Kier alpha value is -2.86.